The van der Waals surface area contributed by atoms with Crippen molar-refractivity contribution in [2.75, 3.05) is 26.4 Å². The molecule has 0 unspecified atom stereocenters. The first kappa shape index (κ1) is 47.4. The molecule has 0 saturated carbocycles. The van der Waals surface area contributed by atoms with E-state index in [1.807, 2.05) is 6.92 Å². The standard InChI is InChI=1S/C6H12O6.C4H8O2.C3H8O3.C2H5NO2.C2H5NO.C2H4O2/c7-1-3(9)5(11)6(12)4(10)2-8;1-2-3-4(5)6;4-1-3(6)2-5;3-2(5)1-4;2*1-2(3)4/h1,3-6,8-12H,2H2;2-3H2,1H3,(H,5,6);3-6H,1-2H2;4H,1H2,(H2,3,5);1H3,(H2,3,4);1H3,(H,3,4)/t3-,4+,5+,6+;;;;;/m0...../s1. The fourth-order valence-corrected chi connectivity index (χ4v) is 0.890. The summed E-state index contributed by atoms with van der Waals surface area (Å²) in [5.41, 5.74) is 8.88. The van der Waals surface area contributed by atoms with Crippen LogP contribution in [0.4, 0.5) is 0 Å². The highest BCUT2D eigenvalue weighted by atomic mass is 16.4. The first-order chi connectivity index (χ1) is 16.9. The Morgan fingerprint density at radius 1 is 0.784 bits per heavy atom. The number of aldehydes is 1. The second-order valence-corrected chi connectivity index (χ2v) is 6.27. The summed E-state index contributed by atoms with van der Waals surface area (Å²) in [5, 5.41) is 90.6. The van der Waals surface area contributed by atoms with Crippen LogP contribution in [0.1, 0.15) is 33.6 Å². The maximum Gasteiger partial charge on any atom is 0.303 e. The molecule has 0 spiro atoms. The van der Waals surface area contributed by atoms with Crippen LogP contribution in [0.25, 0.3) is 0 Å². The molecule has 4 atom stereocenters. The van der Waals surface area contributed by atoms with E-state index in [1.165, 1.54) is 6.92 Å². The Morgan fingerprint density at radius 2 is 1.11 bits per heavy atom. The van der Waals surface area contributed by atoms with Crippen LogP contribution in [0.3, 0.4) is 0 Å². The number of carboxylic acid groups (broad SMARTS) is 2. The number of amides is 2. The molecule has 0 heterocycles. The molecule has 2 amide bonds. The van der Waals surface area contributed by atoms with Crippen LogP contribution in [0.5, 0.6) is 0 Å². The van der Waals surface area contributed by atoms with E-state index in [1.54, 1.807) is 0 Å². The smallest absolute Gasteiger partial charge is 0.303 e. The lowest BCUT2D eigenvalue weighted by Gasteiger charge is -2.22. The molecule has 15 N–H and O–H groups in total. The van der Waals surface area contributed by atoms with Gasteiger partial charge in [-0.2, -0.15) is 0 Å². The van der Waals surface area contributed by atoms with Gasteiger partial charge >= 0.3 is 5.97 Å². The van der Waals surface area contributed by atoms with Gasteiger partial charge in [-0.15, -0.1) is 0 Å². The second-order valence-electron chi connectivity index (χ2n) is 6.27. The molecule has 0 aromatic carbocycles. The molecule has 0 aliphatic rings. The summed E-state index contributed by atoms with van der Waals surface area (Å²) in [5.74, 6) is -2.57. The summed E-state index contributed by atoms with van der Waals surface area (Å²) in [7, 11) is 0. The number of nitrogens with two attached hydrogens (primary N) is 2. The van der Waals surface area contributed by atoms with Crippen LogP contribution >= 0.6 is 0 Å². The van der Waals surface area contributed by atoms with Crippen molar-refractivity contribution in [3.05, 3.63) is 0 Å². The van der Waals surface area contributed by atoms with Crippen LogP contribution in [0, 0.1) is 0 Å². The van der Waals surface area contributed by atoms with Crippen molar-refractivity contribution in [3.63, 3.8) is 0 Å². The minimum absolute atomic E-state index is 0.0258. The fourth-order valence-electron chi connectivity index (χ4n) is 0.890. The lowest BCUT2D eigenvalue weighted by atomic mass is 10.0. The van der Waals surface area contributed by atoms with Crippen molar-refractivity contribution in [3.8, 4) is 0 Å². The minimum atomic E-state index is -1.79. The van der Waals surface area contributed by atoms with Crippen LogP contribution in [0.15, 0.2) is 0 Å². The number of hydrogen-bond donors (Lipinski definition) is 13. The number of rotatable bonds is 10. The highest BCUT2D eigenvalue weighted by molar-refractivity contribution is 5.74. The molecule has 0 fully saturated rings. The van der Waals surface area contributed by atoms with Crippen molar-refractivity contribution in [1.82, 2.24) is 0 Å². The van der Waals surface area contributed by atoms with E-state index < -0.39 is 61.6 Å². The molecule has 0 bridgehead atoms. The van der Waals surface area contributed by atoms with Gasteiger partial charge < -0.3 is 72.4 Å². The summed E-state index contributed by atoms with van der Waals surface area (Å²) in [6.45, 7) is 2.19. The summed E-state index contributed by atoms with van der Waals surface area (Å²) in [6, 6.07) is 0. The van der Waals surface area contributed by atoms with Gasteiger partial charge in [0.1, 0.15) is 37.1 Å². The Bertz CT molecular complexity index is 540. The average Bonchev–Trinajstić information content (AvgIpc) is 2.81. The zero-order valence-electron chi connectivity index (χ0n) is 20.8. The van der Waals surface area contributed by atoms with E-state index in [4.69, 9.17) is 61.0 Å². The molecule has 0 saturated heterocycles. The van der Waals surface area contributed by atoms with Crippen molar-refractivity contribution in [1.29, 1.82) is 0 Å². The van der Waals surface area contributed by atoms with E-state index >= 15 is 0 Å². The summed E-state index contributed by atoms with van der Waals surface area (Å²) < 4.78 is 0. The Balaban J connectivity index is -0.0000000829. The molecule has 224 valence electrons. The molecule has 37 heavy (non-hydrogen) atoms. The summed E-state index contributed by atoms with van der Waals surface area (Å²) >= 11 is 0. The zero-order chi connectivity index (χ0) is 31.1. The maximum absolute atomic E-state index is 9.90. The van der Waals surface area contributed by atoms with Crippen molar-refractivity contribution >= 4 is 30.0 Å². The van der Waals surface area contributed by atoms with Gasteiger partial charge in [0.15, 0.2) is 6.29 Å². The quantitative estimate of drug-likeness (QED) is 0.112. The molecule has 0 rings (SSSR count). The lowest BCUT2D eigenvalue weighted by Crippen LogP contribution is -2.46. The van der Waals surface area contributed by atoms with E-state index in [0.29, 0.717) is 6.42 Å². The number of aliphatic hydroxyl groups is 9. The van der Waals surface area contributed by atoms with Gasteiger partial charge in [0.05, 0.1) is 19.8 Å². The highest BCUT2D eigenvalue weighted by Crippen LogP contribution is 2.02. The predicted octanol–water partition coefficient (Wildman–Crippen LogP) is -6.13. The third-order valence-corrected chi connectivity index (χ3v) is 2.46. The number of hydrogen-bond acceptors (Lipinski definition) is 14. The monoisotopic (exact) mass is 554 g/mol. The van der Waals surface area contributed by atoms with Gasteiger partial charge in [0, 0.05) is 20.3 Å². The summed E-state index contributed by atoms with van der Waals surface area (Å²) in [4.78, 5) is 47.1. The van der Waals surface area contributed by atoms with Crippen molar-refractivity contribution in [2.45, 2.75) is 64.1 Å². The summed E-state index contributed by atoms with van der Waals surface area (Å²) in [6.07, 6.45) is -6.77. The van der Waals surface area contributed by atoms with Gasteiger partial charge in [-0.25, -0.2) is 0 Å². The van der Waals surface area contributed by atoms with Gasteiger partial charge in [-0.3, -0.25) is 19.2 Å². The normalized spacial score (nSPS) is 12.1. The zero-order valence-corrected chi connectivity index (χ0v) is 20.8. The number of primary amides is 2. The first-order valence-corrected chi connectivity index (χ1v) is 10.1. The molecule has 18 heteroatoms. The van der Waals surface area contributed by atoms with E-state index in [-0.39, 0.29) is 25.4 Å². The molecule has 0 aromatic rings. The molecular formula is C19H42N2O16. The molecule has 18 nitrogen and oxygen atoms in total. The van der Waals surface area contributed by atoms with Crippen LogP contribution < -0.4 is 11.5 Å². The molecule has 0 aromatic heterocycles. The third-order valence-electron chi connectivity index (χ3n) is 2.46. The van der Waals surface area contributed by atoms with Gasteiger partial charge in [0.2, 0.25) is 11.8 Å². The van der Waals surface area contributed by atoms with E-state index in [2.05, 4.69) is 11.5 Å². The minimum Gasteiger partial charge on any atom is -0.481 e. The van der Waals surface area contributed by atoms with Crippen LogP contribution in [-0.2, 0) is 24.0 Å². The largest absolute Gasteiger partial charge is 0.481 e. The van der Waals surface area contributed by atoms with E-state index in [9.17, 15) is 19.2 Å². The van der Waals surface area contributed by atoms with E-state index in [0.717, 1.165) is 13.3 Å². The fraction of sp³-hybridized carbons (Fsp3) is 0.737. The number of aliphatic carboxylic acids is 2. The predicted molar refractivity (Wildman–Crippen MR) is 124 cm³/mol. The average molecular weight is 555 g/mol. The van der Waals surface area contributed by atoms with Crippen LogP contribution in [-0.4, -0.2) is 143 Å². The first-order valence-electron chi connectivity index (χ1n) is 10.1. The lowest BCUT2D eigenvalue weighted by molar-refractivity contribution is -0.137. The Labute approximate surface area is 213 Å². The Morgan fingerprint density at radius 3 is 1.22 bits per heavy atom. The van der Waals surface area contributed by atoms with Gasteiger partial charge in [-0.1, -0.05) is 6.92 Å². The van der Waals surface area contributed by atoms with Crippen molar-refractivity contribution in [2.24, 2.45) is 11.5 Å². The maximum atomic E-state index is 9.90. The molecule has 0 aliphatic carbocycles. The van der Waals surface area contributed by atoms with Crippen LogP contribution in [0.2, 0.25) is 0 Å². The topological polar surface area (TPSA) is 360 Å². The SMILES string of the molecule is CC(=O)O.CC(N)=O.CCCC(=O)O.NC(=O)CO.O=C[C@H](O)[C@@H](O)[C@H](O)[C@H](O)CO.OCC(O)CO. The second kappa shape index (κ2) is 35.4. The number of carbonyl (C=O) groups excluding carboxylic acids is 3. The molecule has 0 radical (unpaired) electrons. The van der Waals surface area contributed by atoms with Crippen molar-refractivity contribution < 1.29 is 80.1 Å². The number of aliphatic hydroxyl groups excluding tert-OH is 9. The number of carboxylic acids is 2. The Kier molecular flexibility index (Phi) is 45.3. The molecular weight excluding hydrogens is 512 g/mol. The highest BCUT2D eigenvalue weighted by Gasteiger charge is 2.29. The third kappa shape index (κ3) is 65.6. The number of carbonyl (C=O) groups is 5. The molecule has 0 aliphatic heterocycles. The van der Waals surface area contributed by atoms with Gasteiger partial charge in [0.25, 0.3) is 5.97 Å². The van der Waals surface area contributed by atoms with Gasteiger partial charge in [-0.05, 0) is 6.42 Å². The Hall–Kier alpha value is -2.81.